The third kappa shape index (κ3) is 6.32. The molecule has 0 spiro atoms. The van der Waals surface area contributed by atoms with E-state index in [9.17, 15) is 0 Å². The number of pyridine rings is 2. The van der Waals surface area contributed by atoms with Crippen molar-refractivity contribution in [3.05, 3.63) is 158 Å². The Labute approximate surface area is 247 Å². The average molecular weight is 693 g/mol. The second kappa shape index (κ2) is 12.9. The Morgan fingerprint density at radius 2 is 1.18 bits per heavy atom. The molecule has 1 radical (unpaired) electrons. The van der Waals surface area contributed by atoms with Crippen LogP contribution in [0.4, 0.5) is 0 Å². The summed E-state index contributed by atoms with van der Waals surface area (Å²) in [4.78, 5) is 8.64. The average Bonchev–Trinajstić information content (AvgIpc) is 3.47. The predicted molar refractivity (Wildman–Crippen MR) is 158 cm³/mol. The third-order valence-corrected chi connectivity index (χ3v) is 6.30. The first-order valence-corrected chi connectivity index (χ1v) is 12.7. The third-order valence-electron chi connectivity index (χ3n) is 6.30. The van der Waals surface area contributed by atoms with Crippen LogP contribution < -0.4 is 0 Å². The van der Waals surface area contributed by atoms with Gasteiger partial charge < -0.3 is 14.4 Å². The number of aromatic nitrogens is 2. The molecule has 0 saturated carbocycles. The number of hydrogen-bond donors (Lipinski definition) is 0. The number of nitrogens with zero attached hydrogens (tertiary/aromatic N) is 2. The quantitative estimate of drug-likeness (QED) is 0.173. The van der Waals surface area contributed by atoms with E-state index >= 15 is 0 Å². The van der Waals surface area contributed by atoms with Crippen LogP contribution in [-0.2, 0) is 20.1 Å². The van der Waals surface area contributed by atoms with Crippen LogP contribution >= 0.6 is 0 Å². The SMILES string of the molecule is [Ir].[c-]1ccc(-c2ccc3oc(-c4ccccc4)cc3c2)cc1-c1ccccn1.[c-]1ccccc1-c1ccccn1. The zero-order valence-electron chi connectivity index (χ0n) is 21.5. The van der Waals surface area contributed by atoms with E-state index in [0.717, 1.165) is 55.9 Å². The van der Waals surface area contributed by atoms with Crippen molar-refractivity contribution < 1.29 is 24.5 Å². The molecule has 7 aromatic rings. The zero-order chi connectivity index (χ0) is 26.3. The Kier molecular flexibility index (Phi) is 8.72. The van der Waals surface area contributed by atoms with Gasteiger partial charge in [-0.3, -0.25) is 0 Å². The fourth-order valence-corrected chi connectivity index (χ4v) is 4.36. The van der Waals surface area contributed by atoms with E-state index in [-0.39, 0.29) is 20.1 Å². The minimum absolute atomic E-state index is 0. The van der Waals surface area contributed by atoms with Crippen LogP contribution in [0.3, 0.4) is 0 Å². The first kappa shape index (κ1) is 27.0. The standard InChI is InChI=1S/C25H16NO.C11H8N.Ir/c1-2-7-18(8-3-1)25-17-22-16-20(12-13-24(22)27-25)19-9-6-10-21(15-19)23-11-4-5-14-26-23;1-2-6-10(7-3-1)11-8-4-5-9-12-11;/h1-9,11-17H;1-6,8-9H;/q2*-1;. The molecule has 40 heavy (non-hydrogen) atoms. The molecule has 0 saturated heterocycles. The molecule has 0 N–H and O–H groups in total. The summed E-state index contributed by atoms with van der Waals surface area (Å²) < 4.78 is 6.02. The summed E-state index contributed by atoms with van der Waals surface area (Å²) in [5, 5.41) is 1.10. The molecule has 0 aliphatic carbocycles. The summed E-state index contributed by atoms with van der Waals surface area (Å²) in [7, 11) is 0. The Morgan fingerprint density at radius 1 is 0.500 bits per heavy atom. The number of hydrogen-bond acceptors (Lipinski definition) is 3. The summed E-state index contributed by atoms with van der Waals surface area (Å²) in [6.45, 7) is 0. The Balaban J connectivity index is 0.000000209. The van der Waals surface area contributed by atoms with Crippen LogP contribution in [0.15, 0.2) is 150 Å². The van der Waals surface area contributed by atoms with E-state index in [1.807, 2.05) is 91.0 Å². The molecule has 0 unspecified atom stereocenters. The number of benzene rings is 4. The van der Waals surface area contributed by atoms with Gasteiger partial charge >= 0.3 is 0 Å². The molecule has 0 bridgehead atoms. The molecule has 0 aliphatic rings. The van der Waals surface area contributed by atoms with E-state index < -0.39 is 0 Å². The van der Waals surface area contributed by atoms with E-state index in [2.05, 4.69) is 64.6 Å². The number of rotatable bonds is 4. The molecule has 0 aliphatic heterocycles. The van der Waals surface area contributed by atoms with Crippen molar-refractivity contribution in [2.24, 2.45) is 0 Å². The summed E-state index contributed by atoms with van der Waals surface area (Å²) >= 11 is 0. The van der Waals surface area contributed by atoms with E-state index in [1.165, 1.54) is 0 Å². The molecule has 0 fully saturated rings. The fraction of sp³-hybridized carbons (Fsp3) is 0. The monoisotopic (exact) mass is 693 g/mol. The Hall–Kier alpha value is -4.63. The van der Waals surface area contributed by atoms with Crippen LogP contribution in [0.25, 0.3) is 55.9 Å². The molecule has 7 rings (SSSR count). The van der Waals surface area contributed by atoms with Gasteiger partial charge in [0.2, 0.25) is 0 Å². The second-order valence-electron chi connectivity index (χ2n) is 8.93. The maximum Gasteiger partial charge on any atom is 0.135 e. The predicted octanol–water partition coefficient (Wildman–Crippen LogP) is 9.18. The van der Waals surface area contributed by atoms with Gasteiger partial charge in [-0.05, 0) is 47.3 Å². The molecule has 3 heterocycles. The number of fused-ring (bicyclic) bond motifs is 1. The normalized spacial score (nSPS) is 10.3. The molecular formula is C36H24IrN2O-2. The molecule has 4 aromatic carbocycles. The zero-order valence-corrected chi connectivity index (χ0v) is 23.9. The summed E-state index contributed by atoms with van der Waals surface area (Å²) in [5.74, 6) is 0.887. The van der Waals surface area contributed by atoms with E-state index in [1.54, 1.807) is 12.4 Å². The fourth-order valence-electron chi connectivity index (χ4n) is 4.36. The second-order valence-corrected chi connectivity index (χ2v) is 8.93. The van der Waals surface area contributed by atoms with Crippen LogP contribution in [0.1, 0.15) is 0 Å². The minimum atomic E-state index is 0. The van der Waals surface area contributed by atoms with Crippen molar-refractivity contribution >= 4 is 11.0 Å². The van der Waals surface area contributed by atoms with Crippen molar-refractivity contribution in [1.82, 2.24) is 9.97 Å². The minimum Gasteiger partial charge on any atom is -0.456 e. The van der Waals surface area contributed by atoms with Crippen molar-refractivity contribution in [3.63, 3.8) is 0 Å². The van der Waals surface area contributed by atoms with Crippen molar-refractivity contribution in [2.75, 3.05) is 0 Å². The summed E-state index contributed by atoms with van der Waals surface area (Å²) in [6.07, 6.45) is 3.59. The molecule has 195 valence electrons. The van der Waals surface area contributed by atoms with Crippen LogP contribution in [0.2, 0.25) is 0 Å². The molecule has 0 atom stereocenters. The molecular weight excluding hydrogens is 669 g/mol. The van der Waals surface area contributed by atoms with Crippen LogP contribution in [-0.4, -0.2) is 9.97 Å². The molecule has 3 nitrogen and oxygen atoms in total. The van der Waals surface area contributed by atoms with Crippen LogP contribution in [0, 0.1) is 12.1 Å². The van der Waals surface area contributed by atoms with Gasteiger partial charge in [0.25, 0.3) is 0 Å². The molecule has 0 amide bonds. The van der Waals surface area contributed by atoms with E-state index in [4.69, 9.17) is 4.42 Å². The van der Waals surface area contributed by atoms with Crippen molar-refractivity contribution in [1.29, 1.82) is 0 Å². The van der Waals surface area contributed by atoms with Crippen molar-refractivity contribution in [3.8, 4) is 45.0 Å². The first-order valence-electron chi connectivity index (χ1n) is 12.7. The van der Waals surface area contributed by atoms with Gasteiger partial charge in [0.05, 0.1) is 0 Å². The van der Waals surface area contributed by atoms with E-state index in [0.29, 0.717) is 0 Å². The molecule has 4 heteroatoms. The molecule has 3 aromatic heterocycles. The van der Waals surface area contributed by atoms with Gasteiger partial charge in [-0.2, -0.15) is 0 Å². The van der Waals surface area contributed by atoms with Gasteiger partial charge in [0.1, 0.15) is 11.3 Å². The van der Waals surface area contributed by atoms with Gasteiger partial charge in [-0.1, -0.05) is 60.7 Å². The van der Waals surface area contributed by atoms with Gasteiger partial charge in [-0.15, -0.1) is 71.3 Å². The van der Waals surface area contributed by atoms with Crippen molar-refractivity contribution in [2.45, 2.75) is 0 Å². The maximum absolute atomic E-state index is 6.02. The maximum atomic E-state index is 6.02. The summed E-state index contributed by atoms with van der Waals surface area (Å²) in [5.41, 5.74) is 8.19. The van der Waals surface area contributed by atoms with Crippen LogP contribution in [0.5, 0.6) is 0 Å². The summed E-state index contributed by atoms with van der Waals surface area (Å²) in [6, 6.07) is 50.7. The Morgan fingerprint density at radius 3 is 1.88 bits per heavy atom. The topological polar surface area (TPSA) is 38.9 Å². The van der Waals surface area contributed by atoms with Gasteiger partial charge in [-0.25, -0.2) is 0 Å². The first-order chi connectivity index (χ1) is 19.3. The van der Waals surface area contributed by atoms with Gasteiger partial charge in [0.15, 0.2) is 0 Å². The largest absolute Gasteiger partial charge is 0.456 e. The Bertz CT molecular complexity index is 1750. The smallest absolute Gasteiger partial charge is 0.135 e. The van der Waals surface area contributed by atoms with Gasteiger partial charge in [0, 0.05) is 43.4 Å². The number of furan rings is 1.